The van der Waals surface area contributed by atoms with E-state index in [1.54, 1.807) is 12.3 Å². The molecule has 1 aromatic carbocycles. The Morgan fingerprint density at radius 2 is 2.24 bits per heavy atom. The predicted octanol–water partition coefficient (Wildman–Crippen LogP) is 2.27. The Morgan fingerprint density at radius 1 is 1.41 bits per heavy atom. The molecule has 0 aliphatic carbocycles. The monoisotopic (exact) mass is 233 g/mol. The number of aromatic nitrogens is 2. The van der Waals surface area contributed by atoms with E-state index in [0.29, 0.717) is 6.42 Å². The first-order valence-electron chi connectivity index (χ1n) is 5.70. The molecule has 0 saturated carbocycles. The van der Waals surface area contributed by atoms with Gasteiger partial charge in [0.15, 0.2) is 0 Å². The van der Waals surface area contributed by atoms with Crippen LogP contribution in [0.1, 0.15) is 18.1 Å². The van der Waals surface area contributed by atoms with Gasteiger partial charge in [-0.25, -0.2) is 4.39 Å². The minimum Gasteiger partial charge on any atom is -0.310 e. The van der Waals surface area contributed by atoms with Gasteiger partial charge in [-0.3, -0.25) is 5.10 Å². The Morgan fingerprint density at radius 3 is 2.94 bits per heavy atom. The Labute approximate surface area is 100 Å². The summed E-state index contributed by atoms with van der Waals surface area (Å²) in [6.07, 6.45) is 4.32. The number of hydrogen-bond donors (Lipinski definition) is 2. The van der Waals surface area contributed by atoms with Gasteiger partial charge in [0.05, 0.1) is 6.20 Å². The van der Waals surface area contributed by atoms with Crippen molar-refractivity contribution in [3.8, 4) is 0 Å². The molecule has 0 saturated heterocycles. The SMILES string of the molecule is CC(Cc1ccccc1F)NCc1cn[nH]c1. The molecular weight excluding hydrogens is 217 g/mol. The van der Waals surface area contributed by atoms with Gasteiger partial charge in [-0.15, -0.1) is 0 Å². The number of nitrogens with one attached hydrogen (secondary N) is 2. The largest absolute Gasteiger partial charge is 0.310 e. The van der Waals surface area contributed by atoms with Crippen molar-refractivity contribution in [2.45, 2.75) is 25.9 Å². The second kappa shape index (κ2) is 5.59. The van der Waals surface area contributed by atoms with Crippen molar-refractivity contribution >= 4 is 0 Å². The van der Waals surface area contributed by atoms with Gasteiger partial charge >= 0.3 is 0 Å². The smallest absolute Gasteiger partial charge is 0.126 e. The molecule has 0 aliphatic rings. The molecule has 3 nitrogen and oxygen atoms in total. The van der Waals surface area contributed by atoms with Gasteiger partial charge in [0.2, 0.25) is 0 Å². The van der Waals surface area contributed by atoms with Crippen molar-refractivity contribution in [1.82, 2.24) is 15.5 Å². The van der Waals surface area contributed by atoms with Crippen LogP contribution in [0.4, 0.5) is 4.39 Å². The standard InChI is InChI=1S/C13H16FN3/c1-10(15-7-11-8-16-17-9-11)6-12-4-2-3-5-13(12)14/h2-5,8-10,15H,6-7H2,1H3,(H,16,17). The summed E-state index contributed by atoms with van der Waals surface area (Å²) in [5.41, 5.74) is 1.85. The summed E-state index contributed by atoms with van der Waals surface area (Å²) < 4.78 is 13.4. The molecule has 1 unspecified atom stereocenters. The van der Waals surface area contributed by atoms with E-state index in [-0.39, 0.29) is 11.9 Å². The first-order valence-corrected chi connectivity index (χ1v) is 5.70. The zero-order valence-electron chi connectivity index (χ0n) is 9.78. The van der Waals surface area contributed by atoms with E-state index in [2.05, 4.69) is 15.5 Å². The van der Waals surface area contributed by atoms with Crippen LogP contribution in [0.5, 0.6) is 0 Å². The van der Waals surface area contributed by atoms with Crippen molar-refractivity contribution < 1.29 is 4.39 Å². The maximum Gasteiger partial charge on any atom is 0.126 e. The molecule has 0 radical (unpaired) electrons. The minimum atomic E-state index is -0.135. The molecule has 0 fully saturated rings. The van der Waals surface area contributed by atoms with Crippen LogP contribution in [0, 0.1) is 5.82 Å². The highest BCUT2D eigenvalue weighted by molar-refractivity contribution is 5.18. The Hall–Kier alpha value is -1.68. The molecular formula is C13H16FN3. The number of benzene rings is 1. The Bertz CT molecular complexity index is 453. The summed E-state index contributed by atoms with van der Waals surface area (Å²) in [7, 11) is 0. The van der Waals surface area contributed by atoms with Crippen LogP contribution >= 0.6 is 0 Å². The fourth-order valence-corrected chi connectivity index (χ4v) is 1.73. The van der Waals surface area contributed by atoms with Crippen molar-refractivity contribution in [2.75, 3.05) is 0 Å². The number of H-pyrrole nitrogens is 1. The third-order valence-corrected chi connectivity index (χ3v) is 2.69. The maximum atomic E-state index is 13.4. The second-order valence-electron chi connectivity index (χ2n) is 4.18. The number of hydrogen-bond acceptors (Lipinski definition) is 2. The van der Waals surface area contributed by atoms with Crippen LogP contribution in [0.3, 0.4) is 0 Å². The lowest BCUT2D eigenvalue weighted by molar-refractivity contribution is 0.526. The van der Waals surface area contributed by atoms with Crippen LogP contribution in [0.25, 0.3) is 0 Å². The molecule has 0 bridgehead atoms. The fraction of sp³-hybridized carbons (Fsp3) is 0.308. The normalized spacial score (nSPS) is 12.6. The highest BCUT2D eigenvalue weighted by Crippen LogP contribution is 2.09. The molecule has 1 aromatic heterocycles. The van der Waals surface area contributed by atoms with Crippen molar-refractivity contribution in [1.29, 1.82) is 0 Å². The van der Waals surface area contributed by atoms with Crippen molar-refractivity contribution in [3.05, 3.63) is 53.6 Å². The van der Waals surface area contributed by atoms with Gasteiger partial charge in [-0.2, -0.15) is 5.10 Å². The topological polar surface area (TPSA) is 40.7 Å². The van der Waals surface area contributed by atoms with Crippen LogP contribution in [0.2, 0.25) is 0 Å². The van der Waals surface area contributed by atoms with E-state index in [1.165, 1.54) is 6.07 Å². The zero-order valence-corrected chi connectivity index (χ0v) is 9.78. The molecule has 2 rings (SSSR count). The summed E-state index contributed by atoms with van der Waals surface area (Å²) in [6.45, 7) is 2.79. The summed E-state index contributed by atoms with van der Waals surface area (Å²) >= 11 is 0. The minimum absolute atomic E-state index is 0.135. The summed E-state index contributed by atoms with van der Waals surface area (Å²) in [6, 6.07) is 7.12. The molecule has 0 amide bonds. The molecule has 17 heavy (non-hydrogen) atoms. The third kappa shape index (κ3) is 3.39. The predicted molar refractivity (Wildman–Crippen MR) is 65.0 cm³/mol. The zero-order chi connectivity index (χ0) is 12.1. The first kappa shape index (κ1) is 11.8. The molecule has 90 valence electrons. The van der Waals surface area contributed by atoms with Crippen molar-refractivity contribution in [2.24, 2.45) is 0 Å². The molecule has 2 aromatic rings. The van der Waals surface area contributed by atoms with Crippen LogP contribution in [-0.4, -0.2) is 16.2 Å². The van der Waals surface area contributed by atoms with E-state index in [1.807, 2.05) is 25.3 Å². The first-order chi connectivity index (χ1) is 8.25. The van der Waals surface area contributed by atoms with Gasteiger partial charge in [-0.1, -0.05) is 18.2 Å². The molecule has 1 heterocycles. The van der Waals surface area contributed by atoms with Crippen LogP contribution in [0.15, 0.2) is 36.7 Å². The van der Waals surface area contributed by atoms with Gasteiger partial charge in [0, 0.05) is 24.3 Å². The maximum absolute atomic E-state index is 13.4. The van der Waals surface area contributed by atoms with Gasteiger partial charge < -0.3 is 5.32 Å². The number of halogens is 1. The third-order valence-electron chi connectivity index (χ3n) is 2.69. The Kier molecular flexibility index (Phi) is 3.88. The lowest BCUT2D eigenvalue weighted by Crippen LogP contribution is -2.27. The number of rotatable bonds is 5. The summed E-state index contributed by atoms with van der Waals surface area (Å²) in [4.78, 5) is 0. The fourth-order valence-electron chi connectivity index (χ4n) is 1.73. The molecule has 1 atom stereocenters. The lowest BCUT2D eigenvalue weighted by Gasteiger charge is -2.13. The van der Waals surface area contributed by atoms with Gasteiger partial charge in [0.1, 0.15) is 5.82 Å². The average molecular weight is 233 g/mol. The lowest BCUT2D eigenvalue weighted by atomic mass is 10.1. The van der Waals surface area contributed by atoms with Crippen molar-refractivity contribution in [3.63, 3.8) is 0 Å². The van der Waals surface area contributed by atoms with E-state index in [9.17, 15) is 4.39 Å². The molecule has 0 spiro atoms. The summed E-state index contributed by atoms with van der Waals surface area (Å²) in [5, 5.41) is 9.97. The van der Waals surface area contributed by atoms with Crippen LogP contribution in [-0.2, 0) is 13.0 Å². The molecule has 2 N–H and O–H groups in total. The van der Waals surface area contributed by atoms with E-state index in [0.717, 1.165) is 17.7 Å². The average Bonchev–Trinajstić information content (AvgIpc) is 2.82. The van der Waals surface area contributed by atoms with Gasteiger partial charge in [-0.05, 0) is 25.0 Å². The Balaban J connectivity index is 1.85. The second-order valence-corrected chi connectivity index (χ2v) is 4.18. The number of aromatic amines is 1. The van der Waals surface area contributed by atoms with E-state index >= 15 is 0 Å². The van der Waals surface area contributed by atoms with Gasteiger partial charge in [0.25, 0.3) is 0 Å². The molecule has 0 aliphatic heterocycles. The van der Waals surface area contributed by atoms with E-state index in [4.69, 9.17) is 0 Å². The highest BCUT2D eigenvalue weighted by Gasteiger charge is 2.07. The highest BCUT2D eigenvalue weighted by atomic mass is 19.1. The summed E-state index contributed by atoms with van der Waals surface area (Å²) in [5.74, 6) is -0.135. The quantitative estimate of drug-likeness (QED) is 0.831. The molecule has 4 heteroatoms. The number of nitrogens with zero attached hydrogens (tertiary/aromatic N) is 1. The van der Waals surface area contributed by atoms with E-state index < -0.39 is 0 Å². The van der Waals surface area contributed by atoms with Crippen LogP contribution < -0.4 is 5.32 Å².